The fourth-order valence-corrected chi connectivity index (χ4v) is 2.65. The van der Waals surface area contributed by atoms with Crippen LogP contribution in [0.5, 0.6) is 5.75 Å². The fourth-order valence-electron chi connectivity index (χ4n) is 2.65. The van der Waals surface area contributed by atoms with E-state index in [1.165, 1.54) is 4.90 Å². The van der Waals surface area contributed by atoms with E-state index in [2.05, 4.69) is 0 Å². The van der Waals surface area contributed by atoms with Crippen molar-refractivity contribution >= 4 is 17.8 Å². The van der Waals surface area contributed by atoms with Crippen LogP contribution in [0.15, 0.2) is 24.3 Å². The van der Waals surface area contributed by atoms with Crippen LogP contribution in [-0.2, 0) is 14.3 Å². The summed E-state index contributed by atoms with van der Waals surface area (Å²) in [5.74, 6) is -1.27. The molecule has 0 saturated carbocycles. The highest BCUT2D eigenvalue weighted by Crippen LogP contribution is 2.19. The van der Waals surface area contributed by atoms with Crippen LogP contribution in [0.3, 0.4) is 0 Å². The van der Waals surface area contributed by atoms with Crippen molar-refractivity contribution in [3.8, 4) is 5.75 Å². The summed E-state index contributed by atoms with van der Waals surface area (Å²) >= 11 is 0. The van der Waals surface area contributed by atoms with Gasteiger partial charge >= 0.3 is 5.97 Å². The van der Waals surface area contributed by atoms with Gasteiger partial charge in [0.1, 0.15) is 11.3 Å². The number of benzene rings is 1. The highest BCUT2D eigenvalue weighted by Gasteiger charge is 2.27. The van der Waals surface area contributed by atoms with Gasteiger partial charge in [-0.3, -0.25) is 9.59 Å². The lowest BCUT2D eigenvalue weighted by Crippen LogP contribution is -2.45. The molecule has 7 heteroatoms. The van der Waals surface area contributed by atoms with Gasteiger partial charge in [0.15, 0.2) is 6.61 Å². The maximum Gasteiger partial charge on any atom is 0.342 e. The second-order valence-electron chi connectivity index (χ2n) is 5.59. The van der Waals surface area contributed by atoms with Crippen LogP contribution in [0.1, 0.15) is 30.1 Å². The van der Waals surface area contributed by atoms with Crippen molar-refractivity contribution in [3.63, 3.8) is 0 Å². The number of primary amides is 1. The zero-order valence-corrected chi connectivity index (χ0v) is 13.7. The predicted molar refractivity (Wildman–Crippen MR) is 86.4 cm³/mol. The Morgan fingerprint density at radius 2 is 2.04 bits per heavy atom. The molecule has 0 spiro atoms. The molecule has 1 saturated heterocycles. The minimum Gasteiger partial charge on any atom is -0.493 e. The van der Waals surface area contributed by atoms with Crippen LogP contribution < -0.4 is 10.5 Å². The van der Waals surface area contributed by atoms with Gasteiger partial charge in [0.05, 0.1) is 12.5 Å². The van der Waals surface area contributed by atoms with Crippen molar-refractivity contribution in [2.45, 2.75) is 19.8 Å². The lowest BCUT2D eigenvalue weighted by molar-refractivity contribution is -0.137. The van der Waals surface area contributed by atoms with Gasteiger partial charge in [0, 0.05) is 13.1 Å². The smallest absolute Gasteiger partial charge is 0.342 e. The van der Waals surface area contributed by atoms with Crippen molar-refractivity contribution in [3.05, 3.63) is 29.8 Å². The molecule has 0 unspecified atom stereocenters. The number of para-hydroxylation sites is 1. The molecular weight excluding hydrogens is 312 g/mol. The molecule has 2 N–H and O–H groups in total. The normalized spacial score (nSPS) is 17.2. The predicted octanol–water partition coefficient (Wildman–Crippen LogP) is 0.966. The van der Waals surface area contributed by atoms with Gasteiger partial charge in [0.25, 0.3) is 5.91 Å². The first-order valence-corrected chi connectivity index (χ1v) is 7.99. The number of amides is 2. The molecule has 2 rings (SSSR count). The van der Waals surface area contributed by atoms with Crippen LogP contribution in [0.25, 0.3) is 0 Å². The van der Waals surface area contributed by atoms with E-state index in [0.29, 0.717) is 31.7 Å². The Labute approximate surface area is 140 Å². The van der Waals surface area contributed by atoms with Crippen molar-refractivity contribution in [2.24, 2.45) is 11.7 Å². The Hall–Kier alpha value is -2.57. The molecule has 130 valence electrons. The van der Waals surface area contributed by atoms with Crippen LogP contribution in [0.2, 0.25) is 0 Å². The molecule has 1 aromatic carbocycles. The molecule has 1 heterocycles. The van der Waals surface area contributed by atoms with E-state index in [-0.39, 0.29) is 30.5 Å². The van der Waals surface area contributed by atoms with Gasteiger partial charge in [-0.05, 0) is 31.9 Å². The van der Waals surface area contributed by atoms with Gasteiger partial charge in [-0.25, -0.2) is 4.79 Å². The third-order valence-corrected chi connectivity index (χ3v) is 3.91. The number of likely N-dealkylation sites (tertiary alicyclic amines) is 1. The summed E-state index contributed by atoms with van der Waals surface area (Å²) in [7, 11) is 0. The van der Waals surface area contributed by atoms with E-state index in [1.54, 1.807) is 24.3 Å². The molecule has 0 aliphatic carbocycles. The summed E-state index contributed by atoms with van der Waals surface area (Å²) < 4.78 is 10.5. The SMILES string of the molecule is CCOc1ccccc1C(=O)OCC(=O)N1CCC[C@H](C(N)=O)C1. The summed E-state index contributed by atoms with van der Waals surface area (Å²) in [5, 5.41) is 0. The van der Waals surface area contributed by atoms with E-state index in [0.717, 1.165) is 0 Å². The maximum atomic E-state index is 12.2. The van der Waals surface area contributed by atoms with Gasteiger partial charge < -0.3 is 20.1 Å². The molecule has 0 radical (unpaired) electrons. The van der Waals surface area contributed by atoms with E-state index in [9.17, 15) is 14.4 Å². The molecule has 1 aromatic rings. The number of nitrogens with two attached hydrogens (primary N) is 1. The zero-order chi connectivity index (χ0) is 17.5. The first-order chi connectivity index (χ1) is 11.5. The second-order valence-corrected chi connectivity index (χ2v) is 5.59. The molecule has 0 bridgehead atoms. The largest absolute Gasteiger partial charge is 0.493 e. The summed E-state index contributed by atoms with van der Waals surface area (Å²) in [6, 6.07) is 6.71. The molecule has 1 aliphatic heterocycles. The molecule has 7 nitrogen and oxygen atoms in total. The molecular formula is C17H22N2O5. The average molecular weight is 334 g/mol. The third-order valence-electron chi connectivity index (χ3n) is 3.91. The van der Waals surface area contributed by atoms with Gasteiger partial charge in [-0.1, -0.05) is 12.1 Å². The summed E-state index contributed by atoms with van der Waals surface area (Å²) in [5.41, 5.74) is 5.58. The molecule has 2 amide bonds. The third kappa shape index (κ3) is 4.47. The highest BCUT2D eigenvalue weighted by molar-refractivity contribution is 5.94. The Morgan fingerprint density at radius 1 is 1.29 bits per heavy atom. The number of rotatable bonds is 6. The Balaban J connectivity index is 1.92. The van der Waals surface area contributed by atoms with Crippen molar-refractivity contribution < 1.29 is 23.9 Å². The zero-order valence-electron chi connectivity index (χ0n) is 13.7. The number of hydrogen-bond donors (Lipinski definition) is 1. The minimum atomic E-state index is -0.615. The maximum absolute atomic E-state index is 12.2. The number of carbonyl (C=O) groups is 3. The Kier molecular flexibility index (Phi) is 6.17. The summed E-state index contributed by atoms with van der Waals surface area (Å²) in [6.07, 6.45) is 1.39. The van der Waals surface area contributed by atoms with Crippen LogP contribution in [-0.4, -0.2) is 49.0 Å². The van der Waals surface area contributed by atoms with Gasteiger partial charge in [-0.15, -0.1) is 0 Å². The standard InChI is InChI=1S/C17H22N2O5/c1-2-23-14-8-4-3-7-13(14)17(22)24-11-15(20)19-9-5-6-12(10-19)16(18)21/h3-4,7-8,12H,2,5-6,9-11H2,1H3,(H2,18,21)/t12-/m0/s1. The monoisotopic (exact) mass is 334 g/mol. The Bertz CT molecular complexity index is 617. The second kappa shape index (κ2) is 8.33. The van der Waals surface area contributed by atoms with Crippen molar-refractivity contribution in [1.82, 2.24) is 4.90 Å². The molecule has 1 atom stereocenters. The topological polar surface area (TPSA) is 98.9 Å². The van der Waals surface area contributed by atoms with Crippen LogP contribution in [0.4, 0.5) is 0 Å². The molecule has 24 heavy (non-hydrogen) atoms. The van der Waals surface area contributed by atoms with Crippen LogP contribution >= 0.6 is 0 Å². The summed E-state index contributed by atoms with van der Waals surface area (Å²) in [4.78, 5) is 37.1. The van der Waals surface area contributed by atoms with Gasteiger partial charge in [0.2, 0.25) is 5.91 Å². The van der Waals surface area contributed by atoms with E-state index < -0.39 is 11.9 Å². The Morgan fingerprint density at radius 3 is 2.75 bits per heavy atom. The number of esters is 1. The summed E-state index contributed by atoms with van der Waals surface area (Å²) in [6.45, 7) is 2.68. The van der Waals surface area contributed by atoms with Crippen molar-refractivity contribution in [1.29, 1.82) is 0 Å². The number of piperidine rings is 1. The molecule has 1 aliphatic rings. The molecule has 1 fully saturated rings. The number of nitrogens with zero attached hydrogens (tertiary/aromatic N) is 1. The highest BCUT2D eigenvalue weighted by atomic mass is 16.5. The first kappa shape index (κ1) is 17.8. The van der Waals surface area contributed by atoms with Crippen LogP contribution in [0, 0.1) is 5.92 Å². The number of hydrogen-bond acceptors (Lipinski definition) is 5. The fraction of sp³-hybridized carbons (Fsp3) is 0.471. The first-order valence-electron chi connectivity index (χ1n) is 7.99. The minimum absolute atomic E-state index is 0.279. The molecule has 0 aromatic heterocycles. The van der Waals surface area contributed by atoms with Crippen molar-refractivity contribution in [2.75, 3.05) is 26.3 Å². The quantitative estimate of drug-likeness (QED) is 0.782. The van der Waals surface area contributed by atoms with E-state index >= 15 is 0 Å². The van der Waals surface area contributed by atoms with Gasteiger partial charge in [-0.2, -0.15) is 0 Å². The van der Waals surface area contributed by atoms with E-state index in [1.807, 2.05) is 6.92 Å². The lowest BCUT2D eigenvalue weighted by atomic mass is 9.97. The number of carbonyl (C=O) groups excluding carboxylic acids is 3. The van der Waals surface area contributed by atoms with E-state index in [4.69, 9.17) is 15.2 Å². The number of ether oxygens (including phenoxy) is 2. The average Bonchev–Trinajstić information content (AvgIpc) is 2.60. The lowest BCUT2D eigenvalue weighted by Gasteiger charge is -2.31.